The summed E-state index contributed by atoms with van der Waals surface area (Å²) in [5.74, 6) is 0.367. The molecular formula is C20H30N2O2. The summed E-state index contributed by atoms with van der Waals surface area (Å²) in [6.07, 6.45) is 5.08. The second kappa shape index (κ2) is 9.45. The summed E-state index contributed by atoms with van der Waals surface area (Å²) >= 11 is 0. The Labute approximate surface area is 145 Å². The fourth-order valence-electron chi connectivity index (χ4n) is 3.28. The molecule has 0 bridgehead atoms. The Morgan fingerprint density at radius 2 is 1.92 bits per heavy atom. The van der Waals surface area contributed by atoms with Crippen molar-refractivity contribution in [3.63, 3.8) is 0 Å². The number of benzene rings is 1. The first-order valence-electron chi connectivity index (χ1n) is 9.26. The molecule has 24 heavy (non-hydrogen) atoms. The van der Waals surface area contributed by atoms with Gasteiger partial charge in [-0.25, -0.2) is 0 Å². The van der Waals surface area contributed by atoms with E-state index in [1.165, 1.54) is 0 Å². The zero-order valence-corrected chi connectivity index (χ0v) is 15.0. The van der Waals surface area contributed by atoms with Crippen LogP contribution in [-0.2, 0) is 16.1 Å². The maximum absolute atomic E-state index is 12.6. The van der Waals surface area contributed by atoms with E-state index in [0.29, 0.717) is 32.5 Å². The predicted octanol–water partition coefficient (Wildman–Crippen LogP) is 3.61. The molecule has 0 N–H and O–H groups in total. The van der Waals surface area contributed by atoms with Gasteiger partial charge in [-0.2, -0.15) is 0 Å². The van der Waals surface area contributed by atoms with Crippen LogP contribution in [0.3, 0.4) is 0 Å². The first-order chi connectivity index (χ1) is 11.7. The zero-order valence-electron chi connectivity index (χ0n) is 15.0. The predicted molar refractivity (Wildman–Crippen MR) is 96.4 cm³/mol. The van der Waals surface area contributed by atoms with Crippen molar-refractivity contribution >= 4 is 11.8 Å². The van der Waals surface area contributed by atoms with Crippen molar-refractivity contribution in [3.05, 3.63) is 35.9 Å². The highest BCUT2D eigenvalue weighted by Gasteiger charge is 2.30. The lowest BCUT2D eigenvalue weighted by atomic mass is 10.1. The van der Waals surface area contributed by atoms with Gasteiger partial charge in [-0.3, -0.25) is 9.59 Å². The Morgan fingerprint density at radius 3 is 2.58 bits per heavy atom. The maximum Gasteiger partial charge on any atom is 0.224 e. The van der Waals surface area contributed by atoms with E-state index >= 15 is 0 Å². The molecule has 1 aromatic rings. The van der Waals surface area contributed by atoms with Crippen molar-refractivity contribution in [1.29, 1.82) is 0 Å². The molecule has 2 amide bonds. The second-order valence-corrected chi connectivity index (χ2v) is 6.62. The summed E-state index contributed by atoms with van der Waals surface area (Å²) < 4.78 is 0. The molecule has 4 heteroatoms. The van der Waals surface area contributed by atoms with Gasteiger partial charge in [0.25, 0.3) is 0 Å². The molecule has 0 aliphatic carbocycles. The van der Waals surface area contributed by atoms with Crippen molar-refractivity contribution in [2.75, 3.05) is 13.1 Å². The highest BCUT2D eigenvalue weighted by atomic mass is 16.2. The van der Waals surface area contributed by atoms with Gasteiger partial charge in [0.15, 0.2) is 0 Å². The van der Waals surface area contributed by atoms with Crippen LogP contribution in [0.5, 0.6) is 0 Å². The summed E-state index contributed by atoms with van der Waals surface area (Å²) in [5, 5.41) is 0. The average molecular weight is 330 g/mol. The molecule has 0 aromatic heterocycles. The molecule has 4 nitrogen and oxygen atoms in total. The van der Waals surface area contributed by atoms with E-state index in [4.69, 9.17) is 0 Å². The van der Waals surface area contributed by atoms with Crippen LogP contribution in [0.15, 0.2) is 30.3 Å². The van der Waals surface area contributed by atoms with E-state index in [9.17, 15) is 9.59 Å². The van der Waals surface area contributed by atoms with Gasteiger partial charge in [0, 0.05) is 38.5 Å². The lowest BCUT2D eigenvalue weighted by molar-refractivity contribution is -0.133. The van der Waals surface area contributed by atoms with E-state index in [2.05, 4.69) is 26.0 Å². The topological polar surface area (TPSA) is 40.6 Å². The first-order valence-corrected chi connectivity index (χ1v) is 9.26. The van der Waals surface area contributed by atoms with E-state index in [0.717, 1.165) is 31.2 Å². The molecule has 0 saturated carbocycles. The minimum atomic E-state index is 0.107. The maximum atomic E-state index is 12.6. The summed E-state index contributed by atoms with van der Waals surface area (Å²) in [4.78, 5) is 28.9. The third-order valence-electron chi connectivity index (χ3n) is 4.80. The molecule has 2 rings (SSSR count). The quantitative estimate of drug-likeness (QED) is 0.717. The van der Waals surface area contributed by atoms with Gasteiger partial charge < -0.3 is 9.80 Å². The van der Waals surface area contributed by atoms with Gasteiger partial charge >= 0.3 is 0 Å². The number of amides is 2. The molecule has 1 aliphatic rings. The number of rotatable bonds is 7. The monoisotopic (exact) mass is 330 g/mol. The van der Waals surface area contributed by atoms with Gasteiger partial charge in [0.05, 0.1) is 0 Å². The number of carbonyl (C=O) groups is 2. The number of hydrogen-bond donors (Lipinski definition) is 0. The van der Waals surface area contributed by atoms with Gasteiger partial charge in [-0.1, -0.05) is 57.0 Å². The fraction of sp³-hybridized carbons (Fsp3) is 0.600. The van der Waals surface area contributed by atoms with Crippen LogP contribution < -0.4 is 0 Å². The first kappa shape index (κ1) is 18.5. The van der Waals surface area contributed by atoms with Crippen molar-refractivity contribution in [2.24, 2.45) is 0 Å². The van der Waals surface area contributed by atoms with Gasteiger partial charge in [-0.15, -0.1) is 0 Å². The minimum absolute atomic E-state index is 0.107. The van der Waals surface area contributed by atoms with Crippen LogP contribution in [0, 0.1) is 0 Å². The van der Waals surface area contributed by atoms with Crippen molar-refractivity contribution in [3.8, 4) is 0 Å². The van der Waals surface area contributed by atoms with Gasteiger partial charge in [0.1, 0.15) is 0 Å². The number of carbonyl (C=O) groups excluding carboxylic acids is 2. The smallest absolute Gasteiger partial charge is 0.224 e. The van der Waals surface area contributed by atoms with Gasteiger partial charge in [-0.05, 0) is 18.4 Å². The standard InChI is InChI=1S/C20H30N2O2/c1-3-5-7-12-19(23)21-14-13-20(24)22(18(4-2)16-21)15-17-10-8-6-9-11-17/h6,8-11,18H,3-5,7,12-16H2,1-2H3/t18-/m1/s1. The van der Waals surface area contributed by atoms with Crippen LogP contribution in [0.2, 0.25) is 0 Å². The third-order valence-corrected chi connectivity index (χ3v) is 4.80. The number of unbranched alkanes of at least 4 members (excludes halogenated alkanes) is 2. The average Bonchev–Trinajstić information content (AvgIpc) is 2.76. The molecule has 1 atom stereocenters. The van der Waals surface area contributed by atoms with E-state index in [1.54, 1.807) is 0 Å². The van der Waals surface area contributed by atoms with Crippen LogP contribution >= 0.6 is 0 Å². The molecule has 1 saturated heterocycles. The zero-order chi connectivity index (χ0) is 17.4. The fourth-order valence-corrected chi connectivity index (χ4v) is 3.28. The molecule has 0 radical (unpaired) electrons. The number of nitrogens with zero attached hydrogens (tertiary/aromatic N) is 2. The van der Waals surface area contributed by atoms with E-state index in [-0.39, 0.29) is 17.9 Å². The van der Waals surface area contributed by atoms with Crippen LogP contribution in [0.25, 0.3) is 0 Å². The highest BCUT2D eigenvalue weighted by Crippen LogP contribution is 2.18. The number of hydrogen-bond acceptors (Lipinski definition) is 2. The van der Waals surface area contributed by atoms with Crippen molar-refractivity contribution < 1.29 is 9.59 Å². The SMILES string of the molecule is CCCCCC(=O)N1CCC(=O)N(Cc2ccccc2)[C@H](CC)C1. The molecule has 1 aliphatic heterocycles. The molecule has 1 aromatic carbocycles. The third kappa shape index (κ3) is 5.08. The van der Waals surface area contributed by atoms with E-state index < -0.39 is 0 Å². The molecule has 0 spiro atoms. The van der Waals surface area contributed by atoms with Crippen LogP contribution in [0.1, 0.15) is 57.9 Å². The van der Waals surface area contributed by atoms with E-state index in [1.807, 2.05) is 28.0 Å². The summed E-state index contributed by atoms with van der Waals surface area (Å²) in [6, 6.07) is 10.2. The Morgan fingerprint density at radius 1 is 1.17 bits per heavy atom. The molecule has 132 valence electrons. The van der Waals surface area contributed by atoms with Gasteiger partial charge in [0.2, 0.25) is 11.8 Å². The van der Waals surface area contributed by atoms with Crippen molar-refractivity contribution in [1.82, 2.24) is 9.80 Å². The molecule has 1 fully saturated rings. The van der Waals surface area contributed by atoms with Crippen LogP contribution in [0.4, 0.5) is 0 Å². The summed E-state index contributed by atoms with van der Waals surface area (Å²) in [7, 11) is 0. The minimum Gasteiger partial charge on any atom is -0.340 e. The normalized spacial score (nSPS) is 18.6. The Kier molecular flexibility index (Phi) is 7.29. The van der Waals surface area contributed by atoms with Crippen molar-refractivity contribution in [2.45, 2.75) is 65.0 Å². The second-order valence-electron chi connectivity index (χ2n) is 6.62. The lowest BCUT2D eigenvalue weighted by Crippen LogP contribution is -2.43. The summed E-state index contributed by atoms with van der Waals surface area (Å²) in [6.45, 7) is 6.10. The summed E-state index contributed by atoms with van der Waals surface area (Å²) in [5.41, 5.74) is 1.15. The Balaban J connectivity index is 2.03. The molecule has 0 unspecified atom stereocenters. The highest BCUT2D eigenvalue weighted by molar-refractivity contribution is 5.80. The largest absolute Gasteiger partial charge is 0.340 e. The molecular weight excluding hydrogens is 300 g/mol. The molecule has 1 heterocycles. The lowest BCUT2D eigenvalue weighted by Gasteiger charge is -2.31. The Hall–Kier alpha value is -1.84. The van der Waals surface area contributed by atoms with Crippen LogP contribution in [-0.4, -0.2) is 40.7 Å². The Bertz CT molecular complexity index is 530.